The SMILES string of the molecule is COc1ccc(OC2CCN(C(=O)c3cccnc3)CC2)cc1. The molecule has 1 saturated heterocycles. The largest absolute Gasteiger partial charge is 0.497 e. The number of rotatable bonds is 4. The zero-order chi connectivity index (χ0) is 16.1. The molecule has 1 aromatic heterocycles. The van der Waals surface area contributed by atoms with Crippen LogP contribution in [0.4, 0.5) is 0 Å². The van der Waals surface area contributed by atoms with Crippen molar-refractivity contribution < 1.29 is 14.3 Å². The van der Waals surface area contributed by atoms with Crippen molar-refractivity contribution in [3.8, 4) is 11.5 Å². The van der Waals surface area contributed by atoms with Crippen molar-refractivity contribution in [3.05, 3.63) is 54.4 Å². The van der Waals surface area contributed by atoms with Crippen LogP contribution in [-0.2, 0) is 0 Å². The number of aromatic nitrogens is 1. The molecule has 0 bridgehead atoms. The number of ether oxygens (including phenoxy) is 2. The van der Waals surface area contributed by atoms with Gasteiger partial charge in [-0.25, -0.2) is 0 Å². The van der Waals surface area contributed by atoms with Gasteiger partial charge in [0, 0.05) is 38.3 Å². The Balaban J connectivity index is 1.53. The van der Waals surface area contributed by atoms with Crippen LogP contribution in [-0.4, -0.2) is 42.1 Å². The third-order valence-corrected chi connectivity index (χ3v) is 4.00. The number of amides is 1. The Labute approximate surface area is 135 Å². The lowest BCUT2D eigenvalue weighted by Crippen LogP contribution is -2.41. The summed E-state index contributed by atoms with van der Waals surface area (Å²) < 4.78 is 11.1. The summed E-state index contributed by atoms with van der Waals surface area (Å²) in [5, 5.41) is 0. The van der Waals surface area contributed by atoms with E-state index in [0.29, 0.717) is 18.7 Å². The second-order valence-electron chi connectivity index (χ2n) is 5.53. The molecule has 2 heterocycles. The summed E-state index contributed by atoms with van der Waals surface area (Å²) in [6, 6.07) is 11.2. The second kappa shape index (κ2) is 7.13. The Bertz CT molecular complexity index is 635. The first kappa shape index (κ1) is 15.3. The van der Waals surface area contributed by atoms with Gasteiger partial charge in [-0.1, -0.05) is 0 Å². The van der Waals surface area contributed by atoms with E-state index in [1.54, 1.807) is 31.6 Å². The minimum absolute atomic E-state index is 0.0426. The van der Waals surface area contributed by atoms with Gasteiger partial charge in [0.05, 0.1) is 12.7 Å². The molecule has 0 aliphatic carbocycles. The molecule has 5 heteroatoms. The summed E-state index contributed by atoms with van der Waals surface area (Å²) in [5.41, 5.74) is 0.641. The van der Waals surface area contributed by atoms with E-state index in [-0.39, 0.29) is 12.0 Å². The molecule has 23 heavy (non-hydrogen) atoms. The van der Waals surface area contributed by atoms with Gasteiger partial charge in [0.15, 0.2) is 0 Å². The van der Waals surface area contributed by atoms with Gasteiger partial charge in [-0.3, -0.25) is 9.78 Å². The van der Waals surface area contributed by atoms with Crippen LogP contribution in [0.1, 0.15) is 23.2 Å². The molecule has 0 spiro atoms. The van der Waals surface area contributed by atoms with Gasteiger partial charge in [-0.15, -0.1) is 0 Å². The van der Waals surface area contributed by atoms with Gasteiger partial charge in [-0.05, 0) is 36.4 Å². The fraction of sp³-hybridized carbons (Fsp3) is 0.333. The molecule has 0 unspecified atom stereocenters. The number of hydrogen-bond acceptors (Lipinski definition) is 4. The monoisotopic (exact) mass is 312 g/mol. The highest BCUT2D eigenvalue weighted by atomic mass is 16.5. The zero-order valence-electron chi connectivity index (χ0n) is 13.1. The molecule has 2 aromatic rings. The van der Waals surface area contributed by atoms with Crippen molar-refractivity contribution in [3.63, 3.8) is 0 Å². The van der Waals surface area contributed by atoms with Crippen molar-refractivity contribution in [1.29, 1.82) is 0 Å². The van der Waals surface area contributed by atoms with Gasteiger partial charge in [0.1, 0.15) is 17.6 Å². The van der Waals surface area contributed by atoms with Crippen molar-refractivity contribution in [1.82, 2.24) is 9.88 Å². The molecule has 0 atom stereocenters. The molecular weight excluding hydrogens is 292 g/mol. The van der Waals surface area contributed by atoms with Crippen LogP contribution >= 0.6 is 0 Å². The van der Waals surface area contributed by atoms with E-state index >= 15 is 0 Å². The van der Waals surface area contributed by atoms with Gasteiger partial charge in [-0.2, -0.15) is 0 Å². The van der Waals surface area contributed by atoms with Crippen molar-refractivity contribution in [2.24, 2.45) is 0 Å². The molecule has 1 aliphatic heterocycles. The lowest BCUT2D eigenvalue weighted by Gasteiger charge is -2.32. The van der Waals surface area contributed by atoms with E-state index in [4.69, 9.17) is 9.47 Å². The standard InChI is InChI=1S/C18H20N2O3/c1-22-15-4-6-16(7-5-15)23-17-8-11-20(12-9-17)18(21)14-3-2-10-19-13-14/h2-7,10,13,17H,8-9,11-12H2,1H3. The zero-order valence-corrected chi connectivity index (χ0v) is 13.1. The molecule has 0 N–H and O–H groups in total. The second-order valence-corrected chi connectivity index (χ2v) is 5.53. The fourth-order valence-electron chi connectivity index (χ4n) is 2.70. The number of pyridine rings is 1. The van der Waals surface area contributed by atoms with Gasteiger partial charge in [0.2, 0.25) is 0 Å². The number of carbonyl (C=O) groups excluding carboxylic acids is 1. The van der Waals surface area contributed by atoms with Crippen molar-refractivity contribution >= 4 is 5.91 Å². The number of methoxy groups -OCH3 is 1. The number of likely N-dealkylation sites (tertiary alicyclic amines) is 1. The summed E-state index contributed by atoms with van der Waals surface area (Å²) in [6.07, 6.45) is 5.09. The highest BCUT2D eigenvalue weighted by molar-refractivity contribution is 5.93. The number of hydrogen-bond donors (Lipinski definition) is 0. The average Bonchev–Trinajstić information content (AvgIpc) is 2.63. The fourth-order valence-corrected chi connectivity index (χ4v) is 2.70. The van der Waals surface area contributed by atoms with Gasteiger partial charge < -0.3 is 14.4 Å². The molecule has 1 aliphatic rings. The quantitative estimate of drug-likeness (QED) is 0.871. The van der Waals surface area contributed by atoms with Crippen LogP contribution in [0.15, 0.2) is 48.8 Å². The molecule has 5 nitrogen and oxygen atoms in total. The van der Waals surface area contributed by atoms with E-state index in [9.17, 15) is 4.79 Å². The molecule has 0 radical (unpaired) electrons. The third-order valence-electron chi connectivity index (χ3n) is 4.00. The summed E-state index contributed by atoms with van der Waals surface area (Å²) in [5.74, 6) is 1.69. The lowest BCUT2D eigenvalue weighted by molar-refractivity contribution is 0.0595. The van der Waals surface area contributed by atoms with Crippen molar-refractivity contribution in [2.45, 2.75) is 18.9 Å². The molecule has 1 fully saturated rings. The Morgan fingerprint density at radius 3 is 2.43 bits per heavy atom. The van der Waals surface area contributed by atoms with Crippen LogP contribution in [0.3, 0.4) is 0 Å². The average molecular weight is 312 g/mol. The summed E-state index contributed by atoms with van der Waals surface area (Å²) >= 11 is 0. The van der Waals surface area contributed by atoms with E-state index < -0.39 is 0 Å². The van der Waals surface area contributed by atoms with Crippen LogP contribution in [0.25, 0.3) is 0 Å². The maximum atomic E-state index is 12.4. The van der Waals surface area contributed by atoms with Gasteiger partial charge in [0.25, 0.3) is 5.91 Å². The highest BCUT2D eigenvalue weighted by Gasteiger charge is 2.24. The van der Waals surface area contributed by atoms with E-state index in [1.807, 2.05) is 29.2 Å². The number of piperidine rings is 1. The highest BCUT2D eigenvalue weighted by Crippen LogP contribution is 2.22. The van der Waals surface area contributed by atoms with Gasteiger partial charge >= 0.3 is 0 Å². The molecule has 120 valence electrons. The Kier molecular flexibility index (Phi) is 4.76. The lowest BCUT2D eigenvalue weighted by atomic mass is 10.1. The van der Waals surface area contributed by atoms with E-state index in [1.165, 1.54) is 0 Å². The first-order valence-corrected chi connectivity index (χ1v) is 7.76. The first-order valence-electron chi connectivity index (χ1n) is 7.76. The number of carbonyl (C=O) groups is 1. The smallest absolute Gasteiger partial charge is 0.255 e. The summed E-state index contributed by atoms with van der Waals surface area (Å²) in [7, 11) is 1.64. The Hall–Kier alpha value is -2.56. The summed E-state index contributed by atoms with van der Waals surface area (Å²) in [6.45, 7) is 1.41. The topological polar surface area (TPSA) is 51.7 Å². The molecule has 1 aromatic carbocycles. The molecule has 1 amide bonds. The van der Waals surface area contributed by atoms with Crippen LogP contribution < -0.4 is 9.47 Å². The first-order chi connectivity index (χ1) is 11.3. The van der Waals surface area contributed by atoms with E-state index in [2.05, 4.69) is 4.98 Å². The summed E-state index contributed by atoms with van der Waals surface area (Å²) in [4.78, 5) is 18.2. The van der Waals surface area contributed by atoms with Crippen molar-refractivity contribution in [2.75, 3.05) is 20.2 Å². The predicted octanol–water partition coefficient (Wildman–Crippen LogP) is 2.77. The maximum absolute atomic E-state index is 12.4. The Morgan fingerprint density at radius 2 is 1.83 bits per heavy atom. The molecular formula is C18H20N2O3. The van der Waals surface area contributed by atoms with Crippen LogP contribution in [0, 0.1) is 0 Å². The van der Waals surface area contributed by atoms with E-state index in [0.717, 1.165) is 24.3 Å². The van der Waals surface area contributed by atoms with Crippen LogP contribution in [0.5, 0.6) is 11.5 Å². The molecule has 0 saturated carbocycles. The minimum atomic E-state index is 0.0426. The minimum Gasteiger partial charge on any atom is -0.497 e. The molecule has 3 rings (SSSR count). The predicted molar refractivity (Wildman–Crippen MR) is 86.8 cm³/mol. The number of benzene rings is 1. The van der Waals surface area contributed by atoms with Crippen LogP contribution in [0.2, 0.25) is 0 Å². The normalized spacial score (nSPS) is 15.3. The number of nitrogens with zero attached hydrogens (tertiary/aromatic N) is 2. The maximum Gasteiger partial charge on any atom is 0.255 e. The Morgan fingerprint density at radius 1 is 1.13 bits per heavy atom. The third kappa shape index (κ3) is 3.80.